The summed E-state index contributed by atoms with van der Waals surface area (Å²) in [6, 6.07) is 16.9. The molecular formula is C24H23N5O2. The molecule has 0 radical (unpaired) electrons. The summed E-state index contributed by atoms with van der Waals surface area (Å²) in [5.41, 5.74) is 2.14. The molecule has 7 heteroatoms. The third-order valence-electron chi connectivity index (χ3n) is 5.78. The number of carbonyl (C=O) groups is 1. The lowest BCUT2D eigenvalue weighted by atomic mass is 9.99. The molecule has 156 valence electrons. The molecule has 1 aliphatic rings. The van der Waals surface area contributed by atoms with Crippen molar-refractivity contribution in [1.82, 2.24) is 15.1 Å². The molecule has 3 heterocycles. The summed E-state index contributed by atoms with van der Waals surface area (Å²) in [6.07, 6.45) is 3.79. The van der Waals surface area contributed by atoms with Crippen LogP contribution in [0.25, 0.3) is 22.2 Å². The van der Waals surface area contributed by atoms with E-state index in [1.807, 2.05) is 36.4 Å². The fourth-order valence-corrected chi connectivity index (χ4v) is 3.89. The van der Waals surface area contributed by atoms with E-state index in [0.29, 0.717) is 22.7 Å². The van der Waals surface area contributed by atoms with Crippen LogP contribution in [0.2, 0.25) is 0 Å². The molecule has 5 rings (SSSR count). The molecule has 4 aromatic rings. The Morgan fingerprint density at radius 1 is 1.06 bits per heavy atom. The molecule has 31 heavy (non-hydrogen) atoms. The number of piperidine rings is 1. The molecule has 0 aliphatic carbocycles. The minimum atomic E-state index is -0.237. The van der Waals surface area contributed by atoms with E-state index in [2.05, 4.69) is 32.3 Å². The molecule has 7 nitrogen and oxygen atoms in total. The average Bonchev–Trinajstić information content (AvgIpc) is 3.23. The number of hydrogen-bond donors (Lipinski definition) is 1. The number of aromatic nitrogens is 3. The Balaban J connectivity index is 1.38. The van der Waals surface area contributed by atoms with Gasteiger partial charge in [0.05, 0.1) is 5.39 Å². The maximum atomic E-state index is 12.9. The van der Waals surface area contributed by atoms with Gasteiger partial charge in [-0.1, -0.05) is 42.4 Å². The molecule has 1 N–H and O–H groups in total. The molecule has 1 amide bonds. The highest BCUT2D eigenvalue weighted by atomic mass is 16.5. The fraction of sp³-hybridized carbons (Fsp3) is 0.250. The van der Waals surface area contributed by atoms with E-state index >= 15 is 0 Å². The van der Waals surface area contributed by atoms with Crippen molar-refractivity contribution in [2.75, 3.05) is 23.3 Å². The minimum absolute atomic E-state index is 0.237. The van der Waals surface area contributed by atoms with Gasteiger partial charge < -0.3 is 14.7 Å². The van der Waals surface area contributed by atoms with Crippen LogP contribution in [0.5, 0.6) is 0 Å². The van der Waals surface area contributed by atoms with E-state index in [4.69, 9.17) is 4.52 Å². The maximum Gasteiger partial charge on any atom is 0.256 e. The Hall–Kier alpha value is -3.74. The number of nitrogens with zero attached hydrogens (tertiary/aromatic N) is 4. The SMILES string of the molecule is CC1CCN(c2cc(NC(=O)c3ccc4noc(-c5ccccc5)c4c3)ncn2)CC1. The van der Waals surface area contributed by atoms with E-state index in [-0.39, 0.29) is 5.91 Å². The van der Waals surface area contributed by atoms with Crippen molar-refractivity contribution in [2.45, 2.75) is 19.8 Å². The molecule has 0 spiro atoms. The number of nitrogens with one attached hydrogen (secondary N) is 1. The van der Waals surface area contributed by atoms with Gasteiger partial charge in [-0.3, -0.25) is 4.79 Å². The lowest BCUT2D eigenvalue weighted by molar-refractivity contribution is 0.102. The Morgan fingerprint density at radius 2 is 1.87 bits per heavy atom. The second-order valence-electron chi connectivity index (χ2n) is 7.99. The quantitative estimate of drug-likeness (QED) is 0.519. The van der Waals surface area contributed by atoms with Crippen LogP contribution >= 0.6 is 0 Å². The smallest absolute Gasteiger partial charge is 0.256 e. The Labute approximate surface area is 180 Å². The summed E-state index contributed by atoms with van der Waals surface area (Å²) in [4.78, 5) is 23.8. The summed E-state index contributed by atoms with van der Waals surface area (Å²) in [5, 5.41) is 7.81. The average molecular weight is 413 g/mol. The second-order valence-corrected chi connectivity index (χ2v) is 7.99. The number of fused-ring (bicyclic) bond motifs is 1. The molecule has 0 bridgehead atoms. The predicted molar refractivity (Wildman–Crippen MR) is 120 cm³/mol. The van der Waals surface area contributed by atoms with Gasteiger partial charge in [0.15, 0.2) is 5.76 Å². The molecule has 1 saturated heterocycles. The number of hydrogen-bond acceptors (Lipinski definition) is 6. The maximum absolute atomic E-state index is 12.9. The van der Waals surface area contributed by atoms with E-state index in [9.17, 15) is 4.79 Å². The van der Waals surface area contributed by atoms with Crippen molar-refractivity contribution >= 4 is 28.4 Å². The Morgan fingerprint density at radius 3 is 2.68 bits per heavy atom. The minimum Gasteiger partial charge on any atom is -0.356 e. The van der Waals surface area contributed by atoms with Crippen molar-refractivity contribution in [3.8, 4) is 11.3 Å². The third-order valence-corrected chi connectivity index (χ3v) is 5.78. The van der Waals surface area contributed by atoms with Gasteiger partial charge in [0.25, 0.3) is 5.91 Å². The lowest BCUT2D eigenvalue weighted by Gasteiger charge is -2.31. The van der Waals surface area contributed by atoms with Gasteiger partial charge in [0, 0.05) is 30.3 Å². The van der Waals surface area contributed by atoms with Crippen molar-refractivity contribution in [3.05, 3.63) is 66.5 Å². The first-order chi connectivity index (χ1) is 15.2. The normalized spacial score (nSPS) is 14.7. The summed E-state index contributed by atoms with van der Waals surface area (Å²) in [6.45, 7) is 4.22. The molecule has 2 aromatic carbocycles. The van der Waals surface area contributed by atoms with Crippen LogP contribution in [-0.2, 0) is 0 Å². The summed E-state index contributed by atoms with van der Waals surface area (Å²) >= 11 is 0. The number of carbonyl (C=O) groups excluding carboxylic acids is 1. The van der Waals surface area contributed by atoms with Gasteiger partial charge in [-0.25, -0.2) is 9.97 Å². The summed E-state index contributed by atoms with van der Waals surface area (Å²) in [5.74, 6) is 2.48. The summed E-state index contributed by atoms with van der Waals surface area (Å²) in [7, 11) is 0. The molecule has 2 aromatic heterocycles. The standard InChI is InChI=1S/C24H23N5O2/c1-16-9-11-29(12-10-16)22-14-21(25-15-26-22)27-24(30)18-7-8-20-19(13-18)23(31-28-20)17-5-3-2-4-6-17/h2-8,13-16H,9-12H2,1H3,(H,25,26,27,30). The zero-order chi connectivity index (χ0) is 21.2. The van der Waals surface area contributed by atoms with Gasteiger partial charge >= 0.3 is 0 Å². The van der Waals surface area contributed by atoms with Crippen LogP contribution < -0.4 is 10.2 Å². The van der Waals surface area contributed by atoms with Gasteiger partial charge in [0.1, 0.15) is 23.5 Å². The third kappa shape index (κ3) is 3.99. The summed E-state index contributed by atoms with van der Waals surface area (Å²) < 4.78 is 5.54. The predicted octanol–water partition coefficient (Wildman–Crippen LogP) is 4.77. The van der Waals surface area contributed by atoms with Gasteiger partial charge in [-0.05, 0) is 37.0 Å². The lowest BCUT2D eigenvalue weighted by Crippen LogP contribution is -2.33. The van der Waals surface area contributed by atoms with E-state index < -0.39 is 0 Å². The number of amides is 1. The topological polar surface area (TPSA) is 84.2 Å². The number of anilines is 2. The van der Waals surface area contributed by atoms with Gasteiger partial charge in [0.2, 0.25) is 0 Å². The largest absolute Gasteiger partial charge is 0.356 e. The molecular weight excluding hydrogens is 390 g/mol. The highest BCUT2D eigenvalue weighted by Crippen LogP contribution is 2.29. The highest BCUT2D eigenvalue weighted by Gasteiger charge is 2.18. The number of benzene rings is 2. The zero-order valence-corrected chi connectivity index (χ0v) is 17.3. The molecule has 0 saturated carbocycles. The van der Waals surface area contributed by atoms with Crippen LogP contribution in [0.15, 0.2) is 65.4 Å². The first kappa shape index (κ1) is 19.2. The van der Waals surface area contributed by atoms with Crippen LogP contribution in [0.1, 0.15) is 30.1 Å². The van der Waals surface area contributed by atoms with E-state index in [1.54, 1.807) is 18.2 Å². The Kier molecular flexibility index (Phi) is 5.08. The van der Waals surface area contributed by atoms with Crippen molar-refractivity contribution in [1.29, 1.82) is 0 Å². The number of rotatable bonds is 4. The van der Waals surface area contributed by atoms with Crippen LogP contribution in [0.4, 0.5) is 11.6 Å². The van der Waals surface area contributed by atoms with Gasteiger partial charge in [-0.15, -0.1) is 0 Å². The molecule has 1 aliphatic heterocycles. The first-order valence-electron chi connectivity index (χ1n) is 10.5. The van der Waals surface area contributed by atoms with Crippen LogP contribution in [-0.4, -0.2) is 34.1 Å². The molecule has 1 fully saturated rings. The van der Waals surface area contributed by atoms with E-state index in [1.165, 1.54) is 6.33 Å². The molecule has 0 unspecified atom stereocenters. The Bertz CT molecular complexity index is 1210. The zero-order valence-electron chi connectivity index (χ0n) is 17.3. The highest BCUT2D eigenvalue weighted by molar-refractivity contribution is 6.07. The van der Waals surface area contributed by atoms with E-state index in [0.717, 1.165) is 48.6 Å². The van der Waals surface area contributed by atoms with Gasteiger partial charge in [-0.2, -0.15) is 0 Å². The fourth-order valence-electron chi connectivity index (χ4n) is 3.89. The van der Waals surface area contributed by atoms with Crippen molar-refractivity contribution in [2.24, 2.45) is 5.92 Å². The van der Waals surface area contributed by atoms with Crippen molar-refractivity contribution < 1.29 is 9.32 Å². The first-order valence-corrected chi connectivity index (χ1v) is 10.5. The molecule has 0 atom stereocenters. The van der Waals surface area contributed by atoms with Crippen LogP contribution in [0.3, 0.4) is 0 Å². The van der Waals surface area contributed by atoms with Crippen LogP contribution in [0, 0.1) is 5.92 Å². The van der Waals surface area contributed by atoms with Crippen molar-refractivity contribution in [3.63, 3.8) is 0 Å². The monoisotopic (exact) mass is 413 g/mol. The second kappa shape index (κ2) is 8.18.